The number of carbonyl (C=O) groups is 1. The number of rotatable bonds is 6. The summed E-state index contributed by atoms with van der Waals surface area (Å²) in [5.41, 5.74) is 0. The van der Waals surface area contributed by atoms with Crippen molar-refractivity contribution >= 4 is 5.97 Å². The highest BCUT2D eigenvalue weighted by molar-refractivity contribution is 5.70. The minimum Gasteiger partial charge on any atom is -0.481 e. The van der Waals surface area contributed by atoms with Crippen molar-refractivity contribution in [1.82, 2.24) is 0 Å². The molecule has 1 fully saturated rings. The number of allylic oxidation sites excluding steroid dienone is 2. The molecule has 0 aromatic heterocycles. The molecular formula is C15H26O2. The van der Waals surface area contributed by atoms with Crippen LogP contribution in [0.15, 0.2) is 12.2 Å². The van der Waals surface area contributed by atoms with Crippen molar-refractivity contribution in [2.24, 2.45) is 17.8 Å². The van der Waals surface area contributed by atoms with Crippen molar-refractivity contribution in [3.8, 4) is 0 Å². The monoisotopic (exact) mass is 238 g/mol. The summed E-state index contributed by atoms with van der Waals surface area (Å²) in [5.74, 6) is 0.175. The van der Waals surface area contributed by atoms with E-state index in [-0.39, 0.29) is 11.8 Å². The van der Waals surface area contributed by atoms with Crippen molar-refractivity contribution < 1.29 is 9.90 Å². The van der Waals surface area contributed by atoms with Gasteiger partial charge in [-0.05, 0) is 24.7 Å². The quantitative estimate of drug-likeness (QED) is 0.702. The normalized spacial score (nSPS) is 19.9. The number of hydrogen-bond donors (Lipinski definition) is 1. The van der Waals surface area contributed by atoms with Crippen LogP contribution in [0.25, 0.3) is 0 Å². The predicted molar refractivity (Wildman–Crippen MR) is 70.9 cm³/mol. The zero-order valence-electron chi connectivity index (χ0n) is 11.2. The summed E-state index contributed by atoms with van der Waals surface area (Å²) in [4.78, 5) is 11.0. The largest absolute Gasteiger partial charge is 0.481 e. The van der Waals surface area contributed by atoms with Gasteiger partial charge in [-0.25, -0.2) is 0 Å². The van der Waals surface area contributed by atoms with E-state index in [4.69, 9.17) is 5.11 Å². The molecule has 1 rings (SSSR count). The maximum Gasteiger partial charge on any atom is 0.307 e. The van der Waals surface area contributed by atoms with Gasteiger partial charge in [0.05, 0.1) is 5.92 Å². The average molecular weight is 238 g/mol. The molecule has 0 aromatic rings. The van der Waals surface area contributed by atoms with Gasteiger partial charge in [0.15, 0.2) is 0 Å². The third-order valence-electron chi connectivity index (χ3n) is 3.87. The number of aliphatic carboxylic acids is 1. The highest BCUT2D eigenvalue weighted by Gasteiger charge is 2.19. The lowest BCUT2D eigenvalue weighted by Crippen LogP contribution is -2.18. The molecule has 0 amide bonds. The molecule has 1 aliphatic rings. The van der Waals surface area contributed by atoms with E-state index < -0.39 is 5.97 Å². The number of hydrogen-bond acceptors (Lipinski definition) is 1. The summed E-state index contributed by atoms with van der Waals surface area (Å²) < 4.78 is 0. The molecule has 1 N–H and O–H groups in total. The second-order valence-electron chi connectivity index (χ2n) is 5.64. The topological polar surface area (TPSA) is 37.3 Å². The molecule has 0 spiro atoms. The summed E-state index contributed by atoms with van der Waals surface area (Å²) in [7, 11) is 0. The zero-order valence-corrected chi connectivity index (χ0v) is 11.2. The average Bonchev–Trinajstić information content (AvgIpc) is 2.29. The summed E-state index contributed by atoms with van der Waals surface area (Å²) in [6.45, 7) is 3.96. The Labute approximate surface area is 105 Å². The first-order chi connectivity index (χ1) is 8.11. The second kappa shape index (κ2) is 7.52. The van der Waals surface area contributed by atoms with E-state index in [0.29, 0.717) is 6.42 Å². The third kappa shape index (κ3) is 5.38. The Morgan fingerprint density at radius 2 is 1.88 bits per heavy atom. The maximum absolute atomic E-state index is 11.0. The maximum atomic E-state index is 11.0. The van der Waals surface area contributed by atoms with Crippen LogP contribution in [0.5, 0.6) is 0 Å². The molecule has 0 saturated heterocycles. The Hall–Kier alpha value is -0.790. The Morgan fingerprint density at radius 3 is 2.41 bits per heavy atom. The lowest BCUT2D eigenvalue weighted by atomic mass is 9.86. The Kier molecular flexibility index (Phi) is 6.31. The smallest absolute Gasteiger partial charge is 0.307 e. The summed E-state index contributed by atoms with van der Waals surface area (Å²) in [6, 6.07) is 0. The van der Waals surface area contributed by atoms with Crippen LogP contribution in [0, 0.1) is 17.8 Å². The van der Waals surface area contributed by atoms with E-state index >= 15 is 0 Å². The molecule has 0 aliphatic heterocycles. The molecule has 0 heterocycles. The van der Waals surface area contributed by atoms with E-state index in [1.54, 1.807) is 0 Å². The minimum atomic E-state index is -0.665. The van der Waals surface area contributed by atoms with Crippen LogP contribution in [-0.4, -0.2) is 11.1 Å². The van der Waals surface area contributed by atoms with E-state index in [9.17, 15) is 4.79 Å². The molecule has 1 aliphatic carbocycles. The van der Waals surface area contributed by atoms with Crippen molar-refractivity contribution in [3.05, 3.63) is 12.2 Å². The van der Waals surface area contributed by atoms with Crippen LogP contribution in [0.2, 0.25) is 0 Å². The Morgan fingerprint density at radius 1 is 1.24 bits per heavy atom. The van der Waals surface area contributed by atoms with Crippen molar-refractivity contribution in [1.29, 1.82) is 0 Å². The number of carboxylic acids is 1. The highest BCUT2D eigenvalue weighted by atomic mass is 16.4. The molecule has 2 nitrogen and oxygen atoms in total. The summed E-state index contributed by atoms with van der Waals surface area (Å²) in [5, 5.41) is 9.06. The van der Waals surface area contributed by atoms with Crippen LogP contribution in [0.3, 0.4) is 0 Å². The van der Waals surface area contributed by atoms with E-state index in [1.165, 1.54) is 32.1 Å². The molecule has 0 radical (unpaired) electrons. The van der Waals surface area contributed by atoms with Gasteiger partial charge < -0.3 is 5.11 Å². The van der Waals surface area contributed by atoms with Crippen LogP contribution >= 0.6 is 0 Å². The highest BCUT2D eigenvalue weighted by Crippen LogP contribution is 2.26. The number of carboxylic acid groups (broad SMARTS) is 1. The molecule has 0 aromatic carbocycles. The van der Waals surface area contributed by atoms with Crippen molar-refractivity contribution in [3.63, 3.8) is 0 Å². The first-order valence-corrected chi connectivity index (χ1v) is 6.99. The standard InChI is InChI=1S/C15H26O2/c1-12(2)14(15(16)17)11-7-6-10-13-8-4-3-5-9-13/h6-7,12-14H,3-5,8-11H2,1-2H3,(H,16,17). The molecule has 1 atom stereocenters. The molecular weight excluding hydrogens is 212 g/mol. The predicted octanol–water partition coefficient (Wildman–Crippen LogP) is 4.26. The van der Waals surface area contributed by atoms with Gasteiger partial charge >= 0.3 is 5.97 Å². The second-order valence-corrected chi connectivity index (χ2v) is 5.64. The molecule has 1 saturated carbocycles. The van der Waals surface area contributed by atoms with Gasteiger partial charge in [-0.3, -0.25) is 4.79 Å². The van der Waals surface area contributed by atoms with Crippen LogP contribution in [-0.2, 0) is 4.79 Å². The van der Waals surface area contributed by atoms with Gasteiger partial charge in [0.2, 0.25) is 0 Å². The lowest BCUT2D eigenvalue weighted by Gasteiger charge is -2.19. The fourth-order valence-corrected chi connectivity index (χ4v) is 2.61. The minimum absolute atomic E-state index is 0.215. The zero-order chi connectivity index (χ0) is 12.7. The third-order valence-corrected chi connectivity index (χ3v) is 3.87. The van der Waals surface area contributed by atoms with Crippen LogP contribution in [0.4, 0.5) is 0 Å². The first kappa shape index (κ1) is 14.3. The van der Waals surface area contributed by atoms with E-state index in [2.05, 4.69) is 12.2 Å². The van der Waals surface area contributed by atoms with Gasteiger partial charge in [0.25, 0.3) is 0 Å². The van der Waals surface area contributed by atoms with Gasteiger partial charge in [-0.1, -0.05) is 58.1 Å². The first-order valence-electron chi connectivity index (χ1n) is 6.99. The molecule has 0 bridgehead atoms. The van der Waals surface area contributed by atoms with Gasteiger partial charge in [0.1, 0.15) is 0 Å². The Balaban J connectivity index is 2.25. The molecule has 2 heteroatoms. The summed E-state index contributed by atoms with van der Waals surface area (Å²) >= 11 is 0. The Bertz CT molecular complexity index is 250. The SMILES string of the molecule is CC(C)C(CC=CCC1CCCCC1)C(=O)O. The van der Waals surface area contributed by atoms with Gasteiger partial charge in [-0.2, -0.15) is 0 Å². The fraction of sp³-hybridized carbons (Fsp3) is 0.800. The van der Waals surface area contributed by atoms with E-state index in [0.717, 1.165) is 12.3 Å². The fourth-order valence-electron chi connectivity index (χ4n) is 2.61. The lowest BCUT2D eigenvalue weighted by molar-refractivity contribution is -0.143. The van der Waals surface area contributed by atoms with Gasteiger partial charge in [0, 0.05) is 0 Å². The van der Waals surface area contributed by atoms with Crippen molar-refractivity contribution in [2.45, 2.75) is 58.8 Å². The van der Waals surface area contributed by atoms with Crippen LogP contribution in [0.1, 0.15) is 58.8 Å². The van der Waals surface area contributed by atoms with E-state index in [1.807, 2.05) is 13.8 Å². The van der Waals surface area contributed by atoms with Crippen LogP contribution < -0.4 is 0 Å². The summed E-state index contributed by atoms with van der Waals surface area (Å²) in [6.07, 6.45) is 13.0. The van der Waals surface area contributed by atoms with Crippen molar-refractivity contribution in [2.75, 3.05) is 0 Å². The van der Waals surface area contributed by atoms with Gasteiger partial charge in [-0.15, -0.1) is 0 Å². The molecule has 1 unspecified atom stereocenters. The molecule has 17 heavy (non-hydrogen) atoms. The molecule has 98 valence electrons.